The molecule has 0 aromatic carbocycles. The molecule has 0 atom stereocenters. The molecule has 0 amide bonds. The van der Waals surface area contributed by atoms with Crippen LogP contribution in [0.4, 0.5) is 11.6 Å². The summed E-state index contributed by atoms with van der Waals surface area (Å²) in [5.74, 6) is 1.65. The molecule has 1 saturated heterocycles. The van der Waals surface area contributed by atoms with Gasteiger partial charge < -0.3 is 9.80 Å². The highest BCUT2D eigenvalue weighted by Crippen LogP contribution is 2.17. The lowest BCUT2D eigenvalue weighted by atomic mass is 10.2. The van der Waals surface area contributed by atoms with E-state index in [9.17, 15) is 4.79 Å². The van der Waals surface area contributed by atoms with Crippen molar-refractivity contribution in [3.8, 4) is 6.07 Å². The summed E-state index contributed by atoms with van der Waals surface area (Å²) in [7, 11) is 0. The molecule has 0 bridgehead atoms. The number of hydrogen-bond acceptors (Lipinski definition) is 7. The van der Waals surface area contributed by atoms with Gasteiger partial charge in [-0.25, -0.2) is 9.67 Å². The summed E-state index contributed by atoms with van der Waals surface area (Å²) >= 11 is 0. The third-order valence-corrected chi connectivity index (χ3v) is 4.70. The van der Waals surface area contributed by atoms with Gasteiger partial charge in [-0.15, -0.1) is 0 Å². The van der Waals surface area contributed by atoms with Crippen LogP contribution in [0.2, 0.25) is 0 Å². The minimum atomic E-state index is -0.144. The first kappa shape index (κ1) is 17.7. The molecular formula is C20H19N7O. The van der Waals surface area contributed by atoms with Crippen LogP contribution in [0.1, 0.15) is 11.3 Å². The van der Waals surface area contributed by atoms with Crippen molar-refractivity contribution >= 4 is 11.6 Å². The maximum Gasteiger partial charge on any atom is 0.267 e. The van der Waals surface area contributed by atoms with Crippen LogP contribution in [-0.4, -0.2) is 45.9 Å². The van der Waals surface area contributed by atoms with Gasteiger partial charge in [-0.1, -0.05) is 6.07 Å². The van der Waals surface area contributed by atoms with Crippen molar-refractivity contribution in [2.75, 3.05) is 36.0 Å². The summed E-state index contributed by atoms with van der Waals surface area (Å²) in [6.45, 7) is 3.48. The van der Waals surface area contributed by atoms with Crippen molar-refractivity contribution in [2.24, 2.45) is 0 Å². The zero-order chi connectivity index (χ0) is 19.3. The second-order valence-corrected chi connectivity index (χ2v) is 6.50. The summed E-state index contributed by atoms with van der Waals surface area (Å²) in [6.07, 6.45) is 3.30. The van der Waals surface area contributed by atoms with Gasteiger partial charge >= 0.3 is 0 Å². The van der Waals surface area contributed by atoms with Gasteiger partial charge in [-0.05, 0) is 30.3 Å². The van der Waals surface area contributed by atoms with Crippen molar-refractivity contribution < 1.29 is 0 Å². The van der Waals surface area contributed by atoms with Crippen LogP contribution in [0.25, 0.3) is 0 Å². The van der Waals surface area contributed by atoms with Crippen molar-refractivity contribution in [2.45, 2.75) is 6.54 Å². The van der Waals surface area contributed by atoms with E-state index in [0.29, 0.717) is 12.1 Å². The average molecular weight is 373 g/mol. The summed E-state index contributed by atoms with van der Waals surface area (Å²) in [4.78, 5) is 25.1. The lowest BCUT2D eigenvalue weighted by molar-refractivity contribution is 0.594. The Balaban J connectivity index is 1.45. The maximum atomic E-state index is 12.2. The molecule has 1 fully saturated rings. The van der Waals surface area contributed by atoms with E-state index in [1.54, 1.807) is 30.6 Å². The Morgan fingerprint density at radius 3 is 2.32 bits per heavy atom. The predicted molar refractivity (Wildman–Crippen MR) is 105 cm³/mol. The van der Waals surface area contributed by atoms with Crippen LogP contribution in [0.3, 0.4) is 0 Å². The van der Waals surface area contributed by atoms with Gasteiger partial charge in [0, 0.05) is 44.6 Å². The fourth-order valence-electron chi connectivity index (χ4n) is 3.17. The van der Waals surface area contributed by atoms with E-state index in [0.717, 1.165) is 43.5 Å². The van der Waals surface area contributed by atoms with Crippen LogP contribution < -0.4 is 15.4 Å². The van der Waals surface area contributed by atoms with Crippen LogP contribution in [0, 0.1) is 11.3 Å². The van der Waals surface area contributed by atoms with Crippen molar-refractivity contribution in [1.29, 1.82) is 5.26 Å². The zero-order valence-corrected chi connectivity index (χ0v) is 15.3. The minimum Gasteiger partial charge on any atom is -0.353 e. The first-order chi connectivity index (χ1) is 13.7. The van der Waals surface area contributed by atoms with E-state index in [1.807, 2.05) is 24.3 Å². The average Bonchev–Trinajstić information content (AvgIpc) is 2.76. The first-order valence-electron chi connectivity index (χ1n) is 9.07. The molecule has 3 aromatic rings. The van der Waals surface area contributed by atoms with Crippen molar-refractivity contribution in [3.63, 3.8) is 0 Å². The standard InChI is InChI=1S/C20H19N7O/c21-13-16-4-5-18(23-14-16)25-9-11-26(12-10-25)19-6-7-20(28)27(24-19)15-17-3-1-2-8-22-17/h1-8,14H,9-12,15H2. The Morgan fingerprint density at radius 2 is 1.68 bits per heavy atom. The smallest absolute Gasteiger partial charge is 0.267 e. The van der Waals surface area contributed by atoms with E-state index < -0.39 is 0 Å². The number of nitrogens with zero attached hydrogens (tertiary/aromatic N) is 7. The molecule has 28 heavy (non-hydrogen) atoms. The molecule has 1 aliphatic heterocycles. The van der Waals surface area contributed by atoms with Gasteiger partial charge in [0.2, 0.25) is 0 Å². The quantitative estimate of drug-likeness (QED) is 0.680. The van der Waals surface area contributed by atoms with E-state index in [2.05, 4.69) is 30.9 Å². The van der Waals surface area contributed by atoms with Gasteiger partial charge in [0.05, 0.1) is 17.8 Å². The Labute approximate surface area is 162 Å². The maximum absolute atomic E-state index is 12.2. The van der Waals surface area contributed by atoms with E-state index in [4.69, 9.17) is 5.26 Å². The number of anilines is 2. The van der Waals surface area contributed by atoms with Gasteiger partial charge in [0.1, 0.15) is 17.7 Å². The molecule has 0 aliphatic carbocycles. The zero-order valence-electron chi connectivity index (χ0n) is 15.3. The number of aromatic nitrogens is 4. The normalized spacial score (nSPS) is 14.0. The highest BCUT2D eigenvalue weighted by molar-refractivity contribution is 5.45. The topological polar surface area (TPSA) is 90.9 Å². The summed E-state index contributed by atoms with van der Waals surface area (Å²) in [6, 6.07) is 14.7. The summed E-state index contributed by atoms with van der Waals surface area (Å²) in [5, 5.41) is 13.4. The molecule has 0 unspecified atom stereocenters. The monoisotopic (exact) mass is 373 g/mol. The van der Waals surface area contributed by atoms with Gasteiger partial charge in [0.15, 0.2) is 0 Å². The second kappa shape index (κ2) is 7.88. The van der Waals surface area contributed by atoms with Crippen LogP contribution in [0.5, 0.6) is 0 Å². The largest absolute Gasteiger partial charge is 0.353 e. The van der Waals surface area contributed by atoms with Gasteiger partial charge in [-0.2, -0.15) is 10.4 Å². The molecule has 0 radical (unpaired) electrons. The van der Waals surface area contributed by atoms with Crippen LogP contribution in [0.15, 0.2) is 59.7 Å². The molecule has 140 valence electrons. The molecule has 4 rings (SSSR count). The van der Waals surface area contributed by atoms with Crippen molar-refractivity contribution in [1.82, 2.24) is 19.7 Å². The van der Waals surface area contributed by atoms with Gasteiger partial charge in [0.25, 0.3) is 5.56 Å². The molecule has 1 aliphatic rings. The van der Waals surface area contributed by atoms with Crippen molar-refractivity contribution in [3.05, 3.63) is 76.5 Å². The molecule has 4 heterocycles. The lowest BCUT2D eigenvalue weighted by Crippen LogP contribution is -2.47. The summed E-state index contributed by atoms with van der Waals surface area (Å²) in [5.41, 5.74) is 1.21. The highest BCUT2D eigenvalue weighted by Gasteiger charge is 2.19. The van der Waals surface area contributed by atoms with E-state index in [-0.39, 0.29) is 5.56 Å². The van der Waals surface area contributed by atoms with E-state index >= 15 is 0 Å². The predicted octanol–water partition coefficient (Wildman–Crippen LogP) is 1.28. The lowest BCUT2D eigenvalue weighted by Gasteiger charge is -2.36. The SMILES string of the molecule is N#Cc1ccc(N2CCN(c3ccc(=O)n(Cc4ccccn4)n3)CC2)nc1. The number of nitriles is 1. The Kier molecular flexibility index (Phi) is 4.97. The highest BCUT2D eigenvalue weighted by atomic mass is 16.1. The summed E-state index contributed by atoms with van der Waals surface area (Å²) < 4.78 is 1.45. The molecule has 8 nitrogen and oxygen atoms in total. The Hall–Kier alpha value is -3.73. The Bertz CT molecular complexity index is 1030. The molecular weight excluding hydrogens is 354 g/mol. The molecule has 0 spiro atoms. The van der Waals surface area contributed by atoms with E-state index in [1.165, 1.54) is 4.68 Å². The second-order valence-electron chi connectivity index (χ2n) is 6.50. The fourth-order valence-corrected chi connectivity index (χ4v) is 3.17. The Morgan fingerprint density at radius 1 is 0.929 bits per heavy atom. The number of pyridine rings is 2. The third-order valence-electron chi connectivity index (χ3n) is 4.70. The van der Waals surface area contributed by atoms with Crippen LogP contribution >= 0.6 is 0 Å². The number of hydrogen-bond donors (Lipinski definition) is 0. The first-order valence-corrected chi connectivity index (χ1v) is 9.07. The van der Waals surface area contributed by atoms with Gasteiger partial charge in [-0.3, -0.25) is 9.78 Å². The molecule has 3 aromatic heterocycles. The molecule has 0 saturated carbocycles. The third kappa shape index (κ3) is 3.83. The molecule has 0 N–H and O–H groups in total. The minimum absolute atomic E-state index is 0.144. The number of piperazine rings is 1. The number of rotatable bonds is 4. The fraction of sp³-hybridized carbons (Fsp3) is 0.250. The molecule has 8 heteroatoms. The van der Waals surface area contributed by atoms with Crippen LogP contribution in [-0.2, 0) is 6.54 Å².